The van der Waals surface area contributed by atoms with Gasteiger partial charge in [0, 0.05) is 12.8 Å². The van der Waals surface area contributed by atoms with Gasteiger partial charge in [-0.3, -0.25) is 9.59 Å². The van der Waals surface area contributed by atoms with E-state index in [0.29, 0.717) is 12.8 Å². The fourth-order valence-electron chi connectivity index (χ4n) is 6.85. The molecule has 0 rings (SSSR count). The summed E-state index contributed by atoms with van der Waals surface area (Å²) in [6.07, 6.45) is 88.0. The summed E-state index contributed by atoms with van der Waals surface area (Å²) in [6, 6.07) is 0. The molecule has 0 aliphatic carbocycles. The molecule has 1 N–H and O–H groups in total. The number of ether oxygens (including phenoxy) is 2. The lowest BCUT2D eigenvalue weighted by Gasteiger charge is -2.15. The highest BCUT2D eigenvalue weighted by molar-refractivity contribution is 5.70. The number of esters is 2. The number of hydrogen-bond acceptors (Lipinski definition) is 5. The molecule has 0 heterocycles. The Morgan fingerprint density at radius 1 is 0.338 bits per heavy atom. The number of unbranched alkanes of at least 4 members (excludes halogenated alkanes) is 13. The van der Waals surface area contributed by atoms with Crippen LogP contribution in [0.4, 0.5) is 0 Å². The van der Waals surface area contributed by atoms with Crippen molar-refractivity contribution in [3.63, 3.8) is 0 Å². The maximum atomic E-state index is 12.3. The maximum Gasteiger partial charge on any atom is 0.306 e. The molecule has 1 unspecified atom stereocenters. The molecule has 0 aliphatic rings. The Bertz CT molecular complexity index is 1520. The zero-order valence-corrected chi connectivity index (χ0v) is 43.3. The Labute approximate surface area is 418 Å². The molecule has 68 heavy (non-hydrogen) atoms. The fourth-order valence-corrected chi connectivity index (χ4v) is 6.85. The molecule has 0 spiro atoms. The molecule has 380 valence electrons. The number of carbonyl (C=O) groups is 2. The summed E-state index contributed by atoms with van der Waals surface area (Å²) in [5.74, 6) is -0.697. The fraction of sp³-hybridized carbons (Fsp3) is 0.556. The smallest absolute Gasteiger partial charge is 0.306 e. The normalized spacial score (nSPS) is 13.5. The van der Waals surface area contributed by atoms with Gasteiger partial charge in [0.2, 0.25) is 0 Å². The monoisotopic (exact) mass is 935 g/mol. The highest BCUT2D eigenvalue weighted by Crippen LogP contribution is 2.14. The van der Waals surface area contributed by atoms with Gasteiger partial charge in [-0.2, -0.15) is 0 Å². The number of aliphatic hydroxyl groups excluding tert-OH is 1. The number of hydrogen-bond donors (Lipinski definition) is 1. The van der Waals surface area contributed by atoms with Crippen LogP contribution in [0.3, 0.4) is 0 Å². The quantitative estimate of drug-likeness (QED) is 0.0374. The van der Waals surface area contributed by atoms with Gasteiger partial charge < -0.3 is 14.6 Å². The van der Waals surface area contributed by atoms with E-state index in [9.17, 15) is 14.7 Å². The number of carbonyl (C=O) groups excluding carboxylic acids is 2. The lowest BCUT2D eigenvalue weighted by atomic mass is 10.0. The second kappa shape index (κ2) is 56.8. The minimum Gasteiger partial charge on any atom is -0.462 e. The van der Waals surface area contributed by atoms with Crippen molar-refractivity contribution in [1.29, 1.82) is 0 Å². The number of rotatable bonds is 47. The van der Waals surface area contributed by atoms with Crippen molar-refractivity contribution in [1.82, 2.24) is 0 Å². The minimum absolute atomic E-state index is 0.112. The molecule has 0 bridgehead atoms. The van der Waals surface area contributed by atoms with E-state index >= 15 is 0 Å². The summed E-state index contributed by atoms with van der Waals surface area (Å²) in [6.45, 7) is 3.82. The molecule has 0 amide bonds. The lowest BCUT2D eigenvalue weighted by molar-refractivity contribution is -0.161. The van der Waals surface area contributed by atoms with Gasteiger partial charge in [-0.05, 0) is 109 Å². The van der Waals surface area contributed by atoms with Gasteiger partial charge in [0.25, 0.3) is 0 Å². The molecule has 0 aromatic rings. The standard InChI is InChI=1S/C63H98O5/c1-3-5-7-9-11-13-15-17-18-19-20-21-22-23-24-25-26-27-28-29-30-31-32-33-34-35-36-37-38-39-40-41-42-43-44-46-48-50-52-54-56-58-63(66)68-61(59-64)60-67-62(65)57-55-53-51-49-47-45-16-14-12-10-8-6-4-2/h5-8,11-14,17-18,20-21,23-24,26-27,29-30,32-33,35-36,45,47,51,53,61,64H,3-4,9-10,15-16,19,22,25,28,31,34,37-44,46,48-50,52,54-60H2,1-2H3/b7-5-,8-6-,13-11-,14-12-,18-17-,21-20-,24-23-,27-26-,30-29-,33-32-,36-35-,47-45-,53-51-. The molecular weight excluding hydrogens is 837 g/mol. The molecule has 0 saturated carbocycles. The van der Waals surface area contributed by atoms with Crippen molar-refractivity contribution < 1.29 is 24.2 Å². The van der Waals surface area contributed by atoms with Gasteiger partial charge in [0.15, 0.2) is 6.10 Å². The van der Waals surface area contributed by atoms with E-state index in [1.165, 1.54) is 70.6 Å². The predicted octanol–water partition coefficient (Wildman–Crippen LogP) is 18.4. The molecule has 0 fully saturated rings. The van der Waals surface area contributed by atoms with Crippen LogP contribution in [0.5, 0.6) is 0 Å². The third-order valence-corrected chi connectivity index (χ3v) is 10.8. The van der Waals surface area contributed by atoms with Gasteiger partial charge >= 0.3 is 11.9 Å². The first-order chi connectivity index (χ1) is 33.6. The van der Waals surface area contributed by atoms with Gasteiger partial charge in [-0.1, -0.05) is 242 Å². The maximum absolute atomic E-state index is 12.3. The van der Waals surface area contributed by atoms with Crippen LogP contribution in [-0.4, -0.2) is 36.4 Å². The van der Waals surface area contributed by atoms with Crippen molar-refractivity contribution in [3.05, 3.63) is 158 Å². The van der Waals surface area contributed by atoms with Crippen LogP contribution in [0.2, 0.25) is 0 Å². The molecule has 0 aromatic carbocycles. The number of aliphatic hydroxyl groups is 1. The predicted molar refractivity (Wildman–Crippen MR) is 297 cm³/mol. The van der Waals surface area contributed by atoms with E-state index in [2.05, 4.69) is 160 Å². The molecular formula is C63H98O5. The van der Waals surface area contributed by atoms with Gasteiger partial charge in [-0.15, -0.1) is 0 Å². The zero-order chi connectivity index (χ0) is 49.2. The van der Waals surface area contributed by atoms with Crippen LogP contribution < -0.4 is 0 Å². The average Bonchev–Trinajstić information content (AvgIpc) is 3.34. The average molecular weight is 935 g/mol. The van der Waals surface area contributed by atoms with Crippen molar-refractivity contribution >= 4 is 11.9 Å². The highest BCUT2D eigenvalue weighted by atomic mass is 16.6. The van der Waals surface area contributed by atoms with Gasteiger partial charge in [0.1, 0.15) is 6.61 Å². The molecule has 0 aliphatic heterocycles. The molecule has 5 nitrogen and oxygen atoms in total. The molecule has 0 aromatic heterocycles. The third-order valence-electron chi connectivity index (χ3n) is 10.8. The number of allylic oxidation sites excluding steroid dienone is 26. The van der Waals surface area contributed by atoms with Crippen molar-refractivity contribution in [2.45, 2.75) is 213 Å². The SMILES string of the molecule is CC/C=C\C/C=C\C/C=C\C/C=C\C/C=C\C/C=C\C/C=C\C/C=C\C/C=C\CCCCCCCCCCCCCCCC(=O)OC(CO)COC(=O)CC/C=C\C/C=C\C/C=C\C/C=C\CC. The zero-order valence-electron chi connectivity index (χ0n) is 43.3. The molecule has 1 atom stereocenters. The summed E-state index contributed by atoms with van der Waals surface area (Å²) in [5, 5.41) is 9.60. The van der Waals surface area contributed by atoms with E-state index < -0.39 is 6.10 Å². The summed E-state index contributed by atoms with van der Waals surface area (Å²) in [4.78, 5) is 24.3. The van der Waals surface area contributed by atoms with Gasteiger partial charge in [0.05, 0.1) is 6.61 Å². The van der Waals surface area contributed by atoms with Crippen LogP contribution >= 0.6 is 0 Å². The summed E-state index contributed by atoms with van der Waals surface area (Å²) in [7, 11) is 0. The van der Waals surface area contributed by atoms with E-state index in [4.69, 9.17) is 9.47 Å². The van der Waals surface area contributed by atoms with E-state index in [0.717, 1.165) is 103 Å². The van der Waals surface area contributed by atoms with Crippen molar-refractivity contribution in [2.24, 2.45) is 0 Å². The van der Waals surface area contributed by atoms with Crippen molar-refractivity contribution in [3.8, 4) is 0 Å². The largest absolute Gasteiger partial charge is 0.462 e. The van der Waals surface area contributed by atoms with Crippen LogP contribution in [0, 0.1) is 0 Å². The first kappa shape index (κ1) is 63.5. The minimum atomic E-state index is -0.811. The molecule has 0 saturated heterocycles. The van der Waals surface area contributed by atoms with Crippen LogP contribution in [-0.2, 0) is 19.1 Å². The van der Waals surface area contributed by atoms with E-state index in [-0.39, 0.29) is 31.6 Å². The summed E-state index contributed by atoms with van der Waals surface area (Å²) >= 11 is 0. The Hall–Kier alpha value is -4.48. The van der Waals surface area contributed by atoms with E-state index in [1.54, 1.807) is 0 Å². The Kier molecular flexibility index (Phi) is 53.1. The first-order valence-electron chi connectivity index (χ1n) is 27.0. The molecule has 0 radical (unpaired) electrons. The van der Waals surface area contributed by atoms with Crippen LogP contribution in [0.15, 0.2) is 158 Å². The first-order valence-corrected chi connectivity index (χ1v) is 27.0. The third kappa shape index (κ3) is 54.1. The topological polar surface area (TPSA) is 72.8 Å². The van der Waals surface area contributed by atoms with Crippen LogP contribution in [0.1, 0.15) is 206 Å². The van der Waals surface area contributed by atoms with E-state index in [1.807, 2.05) is 12.2 Å². The van der Waals surface area contributed by atoms with Gasteiger partial charge in [-0.25, -0.2) is 0 Å². The second-order valence-corrected chi connectivity index (χ2v) is 17.2. The summed E-state index contributed by atoms with van der Waals surface area (Å²) in [5.41, 5.74) is 0. The second-order valence-electron chi connectivity index (χ2n) is 17.2. The highest BCUT2D eigenvalue weighted by Gasteiger charge is 2.16. The van der Waals surface area contributed by atoms with Crippen LogP contribution in [0.25, 0.3) is 0 Å². The molecule has 5 heteroatoms. The Morgan fingerprint density at radius 3 is 0.941 bits per heavy atom. The Balaban J connectivity index is 3.59. The lowest BCUT2D eigenvalue weighted by Crippen LogP contribution is -2.28. The Morgan fingerprint density at radius 2 is 0.618 bits per heavy atom. The van der Waals surface area contributed by atoms with Crippen molar-refractivity contribution in [2.75, 3.05) is 13.2 Å². The summed E-state index contributed by atoms with van der Waals surface area (Å²) < 4.78 is 10.6.